The third-order valence-corrected chi connectivity index (χ3v) is 3.75. The molecule has 2 aromatic rings. The maximum atomic E-state index is 10.3. The second-order valence-electron chi connectivity index (χ2n) is 5.92. The number of rotatable bonds is 6. The van der Waals surface area contributed by atoms with Gasteiger partial charge in [-0.05, 0) is 31.5 Å². The van der Waals surface area contributed by atoms with Crippen LogP contribution in [-0.2, 0) is 0 Å². The van der Waals surface area contributed by atoms with E-state index in [0.717, 1.165) is 18.5 Å². The van der Waals surface area contributed by atoms with Crippen molar-refractivity contribution in [2.24, 2.45) is 0 Å². The minimum atomic E-state index is 0.220. The first-order valence-corrected chi connectivity index (χ1v) is 7.65. The number of nitrogens with one attached hydrogen (secondary N) is 1. The van der Waals surface area contributed by atoms with E-state index in [9.17, 15) is 5.11 Å². The Morgan fingerprint density at radius 3 is 2.43 bits per heavy atom. The van der Waals surface area contributed by atoms with Gasteiger partial charge in [-0.25, -0.2) is 0 Å². The fourth-order valence-corrected chi connectivity index (χ4v) is 2.66. The third kappa shape index (κ3) is 4.33. The van der Waals surface area contributed by atoms with Gasteiger partial charge in [-0.1, -0.05) is 61.9 Å². The summed E-state index contributed by atoms with van der Waals surface area (Å²) in [6, 6.07) is 16.8. The van der Waals surface area contributed by atoms with Gasteiger partial charge in [0, 0.05) is 17.5 Å². The van der Waals surface area contributed by atoms with Gasteiger partial charge in [-0.15, -0.1) is 0 Å². The molecule has 2 nitrogen and oxygen atoms in total. The molecular formula is C19H25NO. The summed E-state index contributed by atoms with van der Waals surface area (Å²) in [5.41, 5.74) is 3.45. The molecule has 0 unspecified atom stereocenters. The van der Waals surface area contributed by atoms with E-state index in [1.54, 1.807) is 6.07 Å². The van der Waals surface area contributed by atoms with Crippen LogP contribution in [0.5, 0.6) is 5.75 Å². The Balaban J connectivity index is 2.29. The number of aryl methyl sites for hydroxylation is 1. The Kier molecular flexibility index (Phi) is 5.40. The minimum absolute atomic E-state index is 0.220. The summed E-state index contributed by atoms with van der Waals surface area (Å²) >= 11 is 0. The topological polar surface area (TPSA) is 32.3 Å². The molecule has 0 aliphatic carbocycles. The van der Waals surface area contributed by atoms with Gasteiger partial charge in [-0.2, -0.15) is 0 Å². The second-order valence-corrected chi connectivity index (χ2v) is 5.92. The predicted octanol–water partition coefficient (Wildman–Crippen LogP) is 4.22. The quantitative estimate of drug-likeness (QED) is 0.832. The Morgan fingerprint density at radius 1 is 1.05 bits per heavy atom. The lowest BCUT2D eigenvalue weighted by Crippen LogP contribution is -2.25. The number of hydrogen-bond acceptors (Lipinski definition) is 2. The van der Waals surface area contributed by atoms with Crippen molar-refractivity contribution in [2.75, 3.05) is 6.54 Å². The van der Waals surface area contributed by atoms with Crippen LogP contribution in [0.15, 0.2) is 48.5 Å². The van der Waals surface area contributed by atoms with E-state index in [4.69, 9.17) is 0 Å². The summed E-state index contributed by atoms with van der Waals surface area (Å²) in [6.45, 7) is 7.31. The lowest BCUT2D eigenvalue weighted by molar-refractivity contribution is 0.460. The van der Waals surface area contributed by atoms with E-state index in [1.807, 2.05) is 12.1 Å². The Hall–Kier alpha value is -1.80. The first kappa shape index (κ1) is 15.6. The van der Waals surface area contributed by atoms with Crippen LogP contribution in [0.25, 0.3) is 0 Å². The van der Waals surface area contributed by atoms with Crippen LogP contribution in [0.4, 0.5) is 0 Å². The van der Waals surface area contributed by atoms with Gasteiger partial charge in [0.25, 0.3) is 0 Å². The minimum Gasteiger partial charge on any atom is -0.508 e. The van der Waals surface area contributed by atoms with Crippen molar-refractivity contribution >= 4 is 0 Å². The summed E-state index contributed by atoms with van der Waals surface area (Å²) in [5.74, 6) is 0.608. The molecule has 0 heterocycles. The van der Waals surface area contributed by atoms with Crippen LogP contribution in [0.2, 0.25) is 0 Å². The van der Waals surface area contributed by atoms with Crippen molar-refractivity contribution in [1.29, 1.82) is 0 Å². The fourth-order valence-electron chi connectivity index (χ4n) is 2.66. The number of aromatic hydroxyl groups is 1. The summed E-state index contributed by atoms with van der Waals surface area (Å²) in [7, 11) is 0. The maximum Gasteiger partial charge on any atom is 0.119 e. The molecule has 0 saturated carbocycles. The fraction of sp³-hybridized carbons (Fsp3) is 0.368. The maximum absolute atomic E-state index is 10.3. The molecule has 2 heteroatoms. The molecule has 0 amide bonds. The van der Waals surface area contributed by atoms with E-state index in [1.165, 1.54) is 11.1 Å². The van der Waals surface area contributed by atoms with Crippen molar-refractivity contribution in [1.82, 2.24) is 5.32 Å². The van der Waals surface area contributed by atoms with Gasteiger partial charge in [0.15, 0.2) is 0 Å². The molecule has 21 heavy (non-hydrogen) atoms. The highest BCUT2D eigenvalue weighted by Crippen LogP contribution is 2.34. The van der Waals surface area contributed by atoms with Crippen molar-refractivity contribution in [3.8, 4) is 5.75 Å². The zero-order valence-electron chi connectivity index (χ0n) is 13.1. The molecule has 2 rings (SSSR count). The SMILES string of the molecule is Cc1ccc(O)c([C@H](CCNC(C)C)c2ccccc2)c1. The summed E-state index contributed by atoms with van der Waals surface area (Å²) < 4.78 is 0. The highest BCUT2D eigenvalue weighted by molar-refractivity contribution is 5.43. The van der Waals surface area contributed by atoms with Gasteiger partial charge in [0.2, 0.25) is 0 Å². The second kappa shape index (κ2) is 7.28. The molecular weight excluding hydrogens is 258 g/mol. The zero-order chi connectivity index (χ0) is 15.2. The molecule has 0 bridgehead atoms. The van der Waals surface area contributed by atoms with Gasteiger partial charge < -0.3 is 10.4 Å². The van der Waals surface area contributed by atoms with Crippen molar-refractivity contribution < 1.29 is 5.11 Å². The average Bonchev–Trinajstić information content (AvgIpc) is 2.47. The van der Waals surface area contributed by atoms with Gasteiger partial charge in [0.05, 0.1) is 0 Å². The van der Waals surface area contributed by atoms with Crippen LogP contribution in [0, 0.1) is 6.92 Å². The number of phenolic OH excluding ortho intramolecular Hbond substituents is 1. The smallest absolute Gasteiger partial charge is 0.119 e. The molecule has 0 radical (unpaired) electrons. The first-order valence-electron chi connectivity index (χ1n) is 7.65. The van der Waals surface area contributed by atoms with Crippen LogP contribution >= 0.6 is 0 Å². The van der Waals surface area contributed by atoms with Crippen LogP contribution in [0.1, 0.15) is 42.9 Å². The Bertz CT molecular complexity index is 563. The van der Waals surface area contributed by atoms with Crippen LogP contribution in [0.3, 0.4) is 0 Å². The molecule has 0 aromatic heterocycles. The van der Waals surface area contributed by atoms with Gasteiger partial charge in [0.1, 0.15) is 5.75 Å². The van der Waals surface area contributed by atoms with E-state index in [0.29, 0.717) is 11.8 Å². The molecule has 2 aromatic carbocycles. The standard InChI is InChI=1S/C19H25NO/c1-14(2)20-12-11-17(16-7-5-4-6-8-16)18-13-15(3)9-10-19(18)21/h4-10,13-14,17,20-21H,11-12H2,1-3H3/t17-/m1/s1. The number of phenols is 1. The summed E-state index contributed by atoms with van der Waals surface area (Å²) in [4.78, 5) is 0. The largest absolute Gasteiger partial charge is 0.508 e. The average molecular weight is 283 g/mol. The van der Waals surface area contributed by atoms with Crippen LogP contribution < -0.4 is 5.32 Å². The number of hydrogen-bond donors (Lipinski definition) is 2. The predicted molar refractivity (Wildman–Crippen MR) is 88.9 cm³/mol. The highest BCUT2D eigenvalue weighted by Gasteiger charge is 2.17. The van der Waals surface area contributed by atoms with Gasteiger partial charge >= 0.3 is 0 Å². The molecule has 112 valence electrons. The monoisotopic (exact) mass is 283 g/mol. The van der Waals surface area contributed by atoms with E-state index in [2.05, 4.69) is 56.4 Å². The van der Waals surface area contributed by atoms with Crippen molar-refractivity contribution in [3.63, 3.8) is 0 Å². The third-order valence-electron chi connectivity index (χ3n) is 3.75. The lowest BCUT2D eigenvalue weighted by atomic mass is 9.87. The molecule has 1 atom stereocenters. The van der Waals surface area contributed by atoms with E-state index < -0.39 is 0 Å². The Labute approximate surface area is 127 Å². The molecule has 0 aliphatic rings. The highest BCUT2D eigenvalue weighted by atomic mass is 16.3. The summed E-state index contributed by atoms with van der Waals surface area (Å²) in [5, 5.41) is 13.7. The normalized spacial score (nSPS) is 12.6. The number of benzene rings is 2. The van der Waals surface area contributed by atoms with Gasteiger partial charge in [-0.3, -0.25) is 0 Å². The lowest BCUT2D eigenvalue weighted by Gasteiger charge is -2.21. The summed E-state index contributed by atoms with van der Waals surface area (Å²) in [6.07, 6.45) is 0.971. The van der Waals surface area contributed by atoms with E-state index >= 15 is 0 Å². The first-order chi connectivity index (χ1) is 10.1. The van der Waals surface area contributed by atoms with Crippen LogP contribution in [-0.4, -0.2) is 17.7 Å². The zero-order valence-corrected chi connectivity index (χ0v) is 13.1. The Morgan fingerprint density at radius 2 is 1.76 bits per heavy atom. The molecule has 0 fully saturated rings. The van der Waals surface area contributed by atoms with Crippen molar-refractivity contribution in [3.05, 3.63) is 65.2 Å². The molecule has 0 saturated heterocycles. The molecule has 2 N–H and O–H groups in total. The van der Waals surface area contributed by atoms with Crippen molar-refractivity contribution in [2.45, 2.75) is 39.2 Å². The molecule has 0 aliphatic heterocycles. The van der Waals surface area contributed by atoms with E-state index in [-0.39, 0.29) is 5.92 Å². The molecule has 0 spiro atoms.